The lowest BCUT2D eigenvalue weighted by atomic mass is 9.87. The summed E-state index contributed by atoms with van der Waals surface area (Å²) in [5.41, 5.74) is 0. The number of nitrogens with zero attached hydrogens (tertiary/aromatic N) is 1. The Morgan fingerprint density at radius 2 is 1.86 bits per heavy atom. The minimum absolute atomic E-state index is 0.0369. The van der Waals surface area contributed by atoms with Gasteiger partial charge >= 0.3 is 12.1 Å². The van der Waals surface area contributed by atoms with Gasteiger partial charge in [-0.3, -0.25) is 9.59 Å². The van der Waals surface area contributed by atoms with E-state index in [2.05, 4.69) is 6.58 Å². The molecule has 5 nitrogen and oxygen atoms in total. The lowest BCUT2D eigenvalue weighted by molar-refractivity contribution is -0.175. The van der Waals surface area contributed by atoms with E-state index >= 15 is 0 Å². The van der Waals surface area contributed by atoms with Crippen molar-refractivity contribution in [1.82, 2.24) is 10.2 Å². The molecule has 2 rings (SSSR count). The second-order valence-corrected chi connectivity index (χ2v) is 5.57. The van der Waals surface area contributed by atoms with Gasteiger partial charge in [0.2, 0.25) is 5.91 Å². The molecule has 0 radical (unpaired) electrons. The van der Waals surface area contributed by atoms with E-state index < -0.39 is 24.2 Å². The molecule has 0 aromatic heterocycles. The summed E-state index contributed by atoms with van der Waals surface area (Å²) in [6.07, 6.45) is -2.40. The van der Waals surface area contributed by atoms with Crippen molar-refractivity contribution in [3.8, 4) is 0 Å². The second kappa shape index (κ2) is 6.68. The normalized spacial score (nSPS) is 26.8. The van der Waals surface area contributed by atoms with Crippen molar-refractivity contribution in [2.24, 2.45) is 5.92 Å². The van der Waals surface area contributed by atoms with Crippen LogP contribution in [0.1, 0.15) is 19.3 Å². The molecule has 1 N–H and O–H groups in total. The molecule has 2 saturated heterocycles. The molecule has 2 heterocycles. The van der Waals surface area contributed by atoms with Crippen LogP contribution in [0, 0.1) is 5.92 Å². The van der Waals surface area contributed by atoms with Crippen molar-refractivity contribution in [2.75, 3.05) is 19.7 Å². The number of alkyl halides is 3. The molecule has 0 bridgehead atoms. The fraction of sp³-hybridized carbons (Fsp3) is 0.714. The fourth-order valence-electron chi connectivity index (χ4n) is 3.06. The number of hydrogen-bond donors (Lipinski definition) is 1. The molecular weight excluding hydrogens is 301 g/mol. The van der Waals surface area contributed by atoms with Gasteiger partial charge in [-0.1, -0.05) is 6.58 Å². The van der Waals surface area contributed by atoms with Crippen molar-refractivity contribution >= 4 is 11.8 Å². The number of hydrogen-bond acceptors (Lipinski definition) is 3. The maximum Gasteiger partial charge on any atom is 0.471 e. The minimum atomic E-state index is -4.88. The Balaban J connectivity index is 1.90. The maximum absolute atomic E-state index is 12.3. The van der Waals surface area contributed by atoms with Crippen molar-refractivity contribution < 1.29 is 27.5 Å². The number of nitrogens with one attached hydrogen (secondary N) is 1. The summed E-state index contributed by atoms with van der Waals surface area (Å²) in [4.78, 5) is 24.2. The number of ether oxygens (including phenoxy) is 1. The Morgan fingerprint density at radius 1 is 1.23 bits per heavy atom. The third-order valence-electron chi connectivity index (χ3n) is 4.20. The van der Waals surface area contributed by atoms with Crippen LogP contribution in [0.2, 0.25) is 0 Å². The van der Waals surface area contributed by atoms with Crippen molar-refractivity contribution in [3.63, 3.8) is 0 Å². The first kappa shape index (κ1) is 16.8. The number of rotatable bonds is 3. The Hall–Kier alpha value is -1.57. The molecule has 0 aromatic rings. The fourth-order valence-corrected chi connectivity index (χ4v) is 3.06. The van der Waals surface area contributed by atoms with Crippen molar-refractivity contribution in [2.45, 2.75) is 37.6 Å². The third kappa shape index (κ3) is 3.79. The first-order chi connectivity index (χ1) is 10.3. The molecule has 0 aliphatic carbocycles. The lowest BCUT2D eigenvalue weighted by Crippen LogP contribution is -2.50. The van der Waals surface area contributed by atoms with E-state index in [9.17, 15) is 22.8 Å². The zero-order valence-electron chi connectivity index (χ0n) is 12.1. The Kier molecular flexibility index (Phi) is 5.10. The van der Waals surface area contributed by atoms with Crippen molar-refractivity contribution in [3.05, 3.63) is 12.7 Å². The van der Waals surface area contributed by atoms with E-state index in [4.69, 9.17) is 4.74 Å². The molecule has 2 aliphatic heterocycles. The highest BCUT2D eigenvalue weighted by molar-refractivity contribution is 5.87. The smallest absolute Gasteiger partial charge is 0.376 e. The van der Waals surface area contributed by atoms with Crippen LogP contribution in [0.5, 0.6) is 0 Å². The topological polar surface area (TPSA) is 58.6 Å². The number of carbonyl (C=O) groups excluding carboxylic acids is 2. The summed E-state index contributed by atoms with van der Waals surface area (Å²) in [6.45, 7) is 4.81. The largest absolute Gasteiger partial charge is 0.471 e. The molecule has 22 heavy (non-hydrogen) atoms. The first-order valence-corrected chi connectivity index (χ1v) is 7.23. The van der Waals surface area contributed by atoms with Crippen LogP contribution in [0.4, 0.5) is 13.2 Å². The molecule has 2 atom stereocenters. The van der Waals surface area contributed by atoms with Gasteiger partial charge in [-0.25, -0.2) is 0 Å². The van der Waals surface area contributed by atoms with Crippen LogP contribution in [0.3, 0.4) is 0 Å². The summed E-state index contributed by atoms with van der Waals surface area (Å²) in [6, 6.07) is -0.624. The summed E-state index contributed by atoms with van der Waals surface area (Å²) in [5.74, 6) is -2.03. The highest BCUT2D eigenvalue weighted by Crippen LogP contribution is 2.30. The minimum Gasteiger partial charge on any atom is -0.376 e. The zero-order chi connectivity index (χ0) is 16.3. The number of likely N-dealkylation sites (tertiary alicyclic amines) is 1. The molecule has 2 fully saturated rings. The van der Waals surface area contributed by atoms with Crippen LogP contribution < -0.4 is 5.32 Å². The average molecular weight is 320 g/mol. The molecule has 2 aliphatic rings. The summed E-state index contributed by atoms with van der Waals surface area (Å²) >= 11 is 0. The van der Waals surface area contributed by atoms with Crippen molar-refractivity contribution in [1.29, 1.82) is 0 Å². The molecule has 0 saturated carbocycles. The molecule has 0 spiro atoms. The Bertz CT molecular complexity index is 445. The Morgan fingerprint density at radius 3 is 2.41 bits per heavy atom. The lowest BCUT2D eigenvalue weighted by Gasteiger charge is -2.36. The highest BCUT2D eigenvalue weighted by atomic mass is 19.4. The van der Waals surface area contributed by atoms with E-state index in [1.807, 2.05) is 5.32 Å². The molecule has 2 amide bonds. The predicted molar refractivity (Wildman–Crippen MR) is 71.8 cm³/mol. The van der Waals surface area contributed by atoms with Gasteiger partial charge in [-0.2, -0.15) is 13.2 Å². The van der Waals surface area contributed by atoms with Gasteiger partial charge in [0.05, 0.1) is 12.1 Å². The van der Waals surface area contributed by atoms with E-state index in [1.54, 1.807) is 4.90 Å². The van der Waals surface area contributed by atoms with E-state index in [0.717, 1.165) is 0 Å². The predicted octanol–water partition coefficient (Wildman–Crippen LogP) is 1.25. The zero-order valence-corrected chi connectivity index (χ0v) is 12.1. The number of amides is 2. The highest BCUT2D eigenvalue weighted by Gasteiger charge is 2.44. The Labute approximate surface area is 126 Å². The number of halogens is 3. The van der Waals surface area contributed by atoms with Gasteiger partial charge in [-0.05, 0) is 31.3 Å². The maximum atomic E-state index is 12.3. The number of piperidine rings is 1. The van der Waals surface area contributed by atoms with E-state index in [1.165, 1.54) is 6.08 Å². The van der Waals surface area contributed by atoms with Gasteiger partial charge in [0.15, 0.2) is 0 Å². The molecular formula is C14H19F3N2O3. The van der Waals surface area contributed by atoms with Crippen LogP contribution in [-0.4, -0.2) is 54.7 Å². The van der Waals surface area contributed by atoms with E-state index in [0.29, 0.717) is 39.0 Å². The average Bonchev–Trinajstić information content (AvgIpc) is 2.93. The SMILES string of the molecule is C=CC(=O)N1CCC([C@@H]2OCC[C@H]2NC(=O)C(F)(F)F)CC1. The first-order valence-electron chi connectivity index (χ1n) is 7.23. The molecule has 8 heteroatoms. The molecule has 0 aromatic carbocycles. The molecule has 124 valence electrons. The van der Waals surface area contributed by atoms with Gasteiger partial charge in [0, 0.05) is 19.7 Å². The van der Waals surface area contributed by atoms with Gasteiger partial charge in [-0.15, -0.1) is 0 Å². The molecule has 0 unspecified atom stereocenters. The monoisotopic (exact) mass is 320 g/mol. The van der Waals surface area contributed by atoms with Gasteiger partial charge in [0.1, 0.15) is 0 Å². The van der Waals surface area contributed by atoms with E-state index in [-0.39, 0.29) is 11.8 Å². The quantitative estimate of drug-likeness (QED) is 0.796. The third-order valence-corrected chi connectivity index (χ3v) is 4.20. The number of carbonyl (C=O) groups is 2. The summed E-state index contributed by atoms with van der Waals surface area (Å²) in [7, 11) is 0. The van der Waals surface area contributed by atoms with Crippen LogP contribution in [-0.2, 0) is 14.3 Å². The summed E-state index contributed by atoms with van der Waals surface area (Å²) in [5, 5.41) is 2.03. The van der Waals surface area contributed by atoms with Crippen LogP contribution >= 0.6 is 0 Å². The standard InChI is InChI=1S/C14H19F3N2O3/c1-2-11(20)19-6-3-9(4-7-19)12-10(5-8-22-12)18-13(21)14(15,16)17/h2,9-10,12H,1,3-8H2,(H,18,21)/t10-,12+/m1/s1. The van der Waals surface area contributed by atoms with Gasteiger partial charge in [0.25, 0.3) is 0 Å². The summed E-state index contributed by atoms with van der Waals surface area (Å²) < 4.78 is 42.6. The van der Waals surface area contributed by atoms with Gasteiger partial charge < -0.3 is 15.0 Å². The van der Waals surface area contributed by atoms with Crippen LogP contribution in [0.25, 0.3) is 0 Å². The second-order valence-electron chi connectivity index (χ2n) is 5.57. The van der Waals surface area contributed by atoms with Crippen LogP contribution in [0.15, 0.2) is 12.7 Å².